The number of anilines is 3. The van der Waals surface area contributed by atoms with Gasteiger partial charge in [-0.2, -0.15) is 0 Å². The van der Waals surface area contributed by atoms with Gasteiger partial charge in [-0.3, -0.25) is 0 Å². The number of rotatable bonds is 8. The third-order valence-corrected chi connectivity index (χ3v) is 13.1. The highest BCUT2D eigenvalue weighted by Crippen LogP contribution is 2.50. The number of para-hydroxylation sites is 1. The van der Waals surface area contributed by atoms with Gasteiger partial charge in [0.2, 0.25) is 0 Å². The zero-order chi connectivity index (χ0) is 43.1. The zero-order valence-electron chi connectivity index (χ0n) is 35.8. The van der Waals surface area contributed by atoms with Gasteiger partial charge in [-0.15, -0.1) is 0 Å². The molecule has 0 aliphatic carbocycles. The van der Waals surface area contributed by atoms with Gasteiger partial charge >= 0.3 is 0 Å². The van der Waals surface area contributed by atoms with E-state index in [0.717, 1.165) is 28.2 Å². The molecule has 0 unspecified atom stereocenters. The van der Waals surface area contributed by atoms with Crippen LogP contribution >= 0.6 is 0 Å². The number of benzene rings is 12. The summed E-state index contributed by atoms with van der Waals surface area (Å²) in [5.74, 6) is 0. The summed E-state index contributed by atoms with van der Waals surface area (Å²) >= 11 is 0. The van der Waals surface area contributed by atoms with Crippen LogP contribution in [0.3, 0.4) is 0 Å². The minimum Gasteiger partial charge on any atom is -0.309 e. The molecule has 0 spiro atoms. The lowest BCUT2D eigenvalue weighted by molar-refractivity contribution is 1.31. The topological polar surface area (TPSA) is 3.24 Å². The van der Waals surface area contributed by atoms with Crippen LogP contribution in [0.25, 0.3) is 98.7 Å². The lowest BCUT2D eigenvalue weighted by Crippen LogP contribution is -2.12. The maximum Gasteiger partial charge on any atom is 0.0540 e. The minimum atomic E-state index is 1.10. The predicted octanol–water partition coefficient (Wildman–Crippen LogP) is 18.1. The van der Waals surface area contributed by atoms with E-state index in [0.29, 0.717) is 0 Å². The van der Waals surface area contributed by atoms with Gasteiger partial charge in [0.05, 0.1) is 17.1 Å². The number of hydrogen-bond donors (Lipinski definition) is 0. The first-order chi connectivity index (χ1) is 32.3. The van der Waals surface area contributed by atoms with Crippen molar-refractivity contribution in [3.63, 3.8) is 0 Å². The molecule has 0 radical (unpaired) electrons. The zero-order valence-corrected chi connectivity index (χ0v) is 35.8. The summed E-state index contributed by atoms with van der Waals surface area (Å²) in [7, 11) is 0. The van der Waals surface area contributed by atoms with Crippen LogP contribution in [0.2, 0.25) is 0 Å². The van der Waals surface area contributed by atoms with Crippen molar-refractivity contribution in [3.8, 4) is 55.6 Å². The first kappa shape index (κ1) is 38.2. The van der Waals surface area contributed by atoms with E-state index in [1.54, 1.807) is 0 Å². The summed E-state index contributed by atoms with van der Waals surface area (Å²) in [5.41, 5.74) is 15.4. The third-order valence-electron chi connectivity index (χ3n) is 13.1. The molecule has 0 N–H and O–H groups in total. The number of nitrogens with zero attached hydrogens (tertiary/aromatic N) is 1. The summed E-state index contributed by atoms with van der Waals surface area (Å²) in [4.78, 5) is 2.52. The first-order valence-electron chi connectivity index (χ1n) is 22.4. The molecule has 0 aromatic heterocycles. The van der Waals surface area contributed by atoms with Crippen molar-refractivity contribution in [1.29, 1.82) is 0 Å². The van der Waals surface area contributed by atoms with Gasteiger partial charge in [0, 0.05) is 16.3 Å². The van der Waals surface area contributed by atoms with Crippen molar-refractivity contribution in [2.45, 2.75) is 0 Å². The molecule has 0 atom stereocenters. The van der Waals surface area contributed by atoms with Gasteiger partial charge in [0.25, 0.3) is 0 Å². The lowest BCUT2D eigenvalue weighted by atomic mass is 9.84. The normalized spacial score (nSPS) is 11.4. The van der Waals surface area contributed by atoms with Crippen molar-refractivity contribution in [1.82, 2.24) is 0 Å². The molecule has 0 aliphatic heterocycles. The summed E-state index contributed by atoms with van der Waals surface area (Å²) < 4.78 is 0. The van der Waals surface area contributed by atoms with Crippen LogP contribution in [0.15, 0.2) is 261 Å². The van der Waals surface area contributed by atoms with E-state index in [1.807, 2.05) is 0 Å². The number of fused-ring (bicyclic) bond motifs is 5. The number of hydrogen-bond acceptors (Lipinski definition) is 1. The second kappa shape index (κ2) is 16.3. The molecule has 12 aromatic rings. The summed E-state index contributed by atoms with van der Waals surface area (Å²) in [5, 5.41) is 9.75. The van der Waals surface area contributed by atoms with E-state index in [-0.39, 0.29) is 0 Å². The van der Waals surface area contributed by atoms with Crippen molar-refractivity contribution in [2.75, 3.05) is 4.90 Å². The molecule has 65 heavy (non-hydrogen) atoms. The Labute approximate surface area is 379 Å². The molecule has 1 nitrogen and oxygen atoms in total. The Hall–Kier alpha value is -8.52. The van der Waals surface area contributed by atoms with Crippen molar-refractivity contribution < 1.29 is 0 Å². The smallest absolute Gasteiger partial charge is 0.0540 e. The van der Waals surface area contributed by atoms with Crippen LogP contribution in [0.5, 0.6) is 0 Å². The Morgan fingerprint density at radius 2 is 0.569 bits per heavy atom. The molecule has 12 rings (SSSR count). The molecule has 0 fully saturated rings. The molecule has 0 saturated carbocycles. The maximum absolute atomic E-state index is 2.52. The molecule has 0 aliphatic rings. The molecule has 0 heterocycles. The van der Waals surface area contributed by atoms with Crippen molar-refractivity contribution >= 4 is 60.2 Å². The third kappa shape index (κ3) is 6.65. The summed E-state index contributed by atoms with van der Waals surface area (Å²) in [6.07, 6.45) is 0. The Kier molecular flexibility index (Phi) is 9.58. The fourth-order valence-electron chi connectivity index (χ4n) is 10.2. The molecule has 0 bridgehead atoms. The molecule has 304 valence electrons. The van der Waals surface area contributed by atoms with Crippen molar-refractivity contribution in [3.05, 3.63) is 261 Å². The highest BCUT2D eigenvalue weighted by molar-refractivity contribution is 6.22. The van der Waals surface area contributed by atoms with Crippen LogP contribution in [0.4, 0.5) is 17.1 Å². The maximum atomic E-state index is 2.52. The van der Waals surface area contributed by atoms with E-state index in [9.17, 15) is 0 Å². The van der Waals surface area contributed by atoms with E-state index in [2.05, 4.69) is 266 Å². The molecule has 12 aromatic carbocycles. The quantitative estimate of drug-likeness (QED) is 0.138. The van der Waals surface area contributed by atoms with Gasteiger partial charge in [0.1, 0.15) is 0 Å². The minimum absolute atomic E-state index is 1.10. The average Bonchev–Trinajstić information content (AvgIpc) is 3.39. The van der Waals surface area contributed by atoms with E-state index < -0.39 is 0 Å². The molecule has 0 amide bonds. The van der Waals surface area contributed by atoms with Crippen LogP contribution in [0, 0.1) is 0 Å². The van der Waals surface area contributed by atoms with Crippen LogP contribution in [0.1, 0.15) is 0 Å². The monoisotopic (exact) mass is 825 g/mol. The molecule has 0 saturated heterocycles. The molecular weight excluding hydrogens is 783 g/mol. The van der Waals surface area contributed by atoms with Crippen LogP contribution in [-0.2, 0) is 0 Å². The second-order valence-electron chi connectivity index (χ2n) is 16.7. The standard InChI is InChI=1S/C64H43N/c1-5-21-44(22-6-1)49-39-41-61(56-33-16-13-30-52(49)56)65(62-42-40-50(45-23-7-2-8-24-45)53-31-14-17-34-57(53)62)60-36-20-19-29-51(60)48-37-38-55-54-32-15-18-35-58(54)63(46-25-9-3-10-26-46)64(59(55)43-48)47-27-11-4-12-28-47/h1-43H. The predicted molar refractivity (Wildman–Crippen MR) is 278 cm³/mol. The van der Waals surface area contributed by atoms with Crippen molar-refractivity contribution in [2.24, 2.45) is 0 Å². The summed E-state index contributed by atoms with van der Waals surface area (Å²) in [6.45, 7) is 0. The summed E-state index contributed by atoms with van der Waals surface area (Å²) in [6, 6.07) is 95.4. The van der Waals surface area contributed by atoms with Gasteiger partial charge in [-0.25, -0.2) is 0 Å². The average molecular weight is 826 g/mol. The molecular formula is C64H43N. The second-order valence-corrected chi connectivity index (χ2v) is 16.7. The first-order valence-corrected chi connectivity index (χ1v) is 22.4. The van der Waals surface area contributed by atoms with Crippen LogP contribution in [-0.4, -0.2) is 0 Å². The fraction of sp³-hybridized carbons (Fsp3) is 0. The lowest BCUT2D eigenvalue weighted by Gasteiger charge is -2.31. The molecule has 1 heteroatoms. The van der Waals surface area contributed by atoms with E-state index >= 15 is 0 Å². The van der Waals surface area contributed by atoms with Crippen LogP contribution < -0.4 is 4.90 Å². The largest absolute Gasteiger partial charge is 0.309 e. The van der Waals surface area contributed by atoms with Gasteiger partial charge in [-0.05, 0) is 107 Å². The van der Waals surface area contributed by atoms with Gasteiger partial charge in [-0.1, -0.05) is 237 Å². The van der Waals surface area contributed by atoms with Gasteiger partial charge in [0.15, 0.2) is 0 Å². The SMILES string of the molecule is c1ccc(-c2ccc(N(c3ccccc3-c3ccc4c(c3)c(-c3ccccc3)c(-c3ccccc3)c3ccccc34)c3ccc(-c4ccccc4)c4ccccc34)c3ccccc23)cc1. The Bertz CT molecular complexity index is 3570. The van der Waals surface area contributed by atoms with E-state index in [4.69, 9.17) is 0 Å². The Morgan fingerprint density at radius 1 is 0.185 bits per heavy atom. The fourth-order valence-corrected chi connectivity index (χ4v) is 10.2. The van der Waals surface area contributed by atoms with E-state index in [1.165, 1.54) is 87.6 Å². The highest BCUT2D eigenvalue weighted by Gasteiger charge is 2.24. The van der Waals surface area contributed by atoms with Gasteiger partial charge < -0.3 is 4.90 Å². The highest BCUT2D eigenvalue weighted by atomic mass is 15.1. The Morgan fingerprint density at radius 3 is 1.09 bits per heavy atom. The Balaban J connectivity index is 1.15.